The minimum atomic E-state index is 0.179. The lowest BCUT2D eigenvalue weighted by molar-refractivity contribution is 0.445. The van der Waals surface area contributed by atoms with E-state index in [9.17, 15) is 5.11 Å². The number of phenolic OH excluding ortho intramolecular Hbond substituents is 1. The standard InChI is InChI=1S/C26H17N3O3.C15H9IN2O.C15H10N2O.C11H9NO2/c1-2-9-23-21(8-1)22-14-18(29-13-12-27-17-29)15-24(26(22)32-23)30-19-6-5-7-20(16-19)31-25-10-3-4-11-28-25;16-13-8-10(18-6-5-17-9-18)7-12-11-3-1-2-4-14(11)19-15(12)13;1-2-4-14-12(3-1)13-9-11(5-6-15(13)18-14)17-8-7-16-10-17;13-9-4-3-5-10(8-9)14-11-6-1-2-7-12-11/h1-17H;1-9H;1-10H;1-8,13H. The average molecular weight is 1200 g/mol. The largest absolute Gasteiger partial charge is 0.508 e. The molecule has 16 rings (SSSR count). The number of aromatic hydroxyl groups is 1. The lowest BCUT2D eigenvalue weighted by Crippen LogP contribution is -1.93. The van der Waals surface area contributed by atoms with E-state index in [1.54, 1.807) is 80.3 Å². The molecule has 0 saturated heterocycles. The molecule has 15 nitrogen and oxygen atoms in total. The topological polar surface area (TPSA) is 167 Å². The number of aromatic nitrogens is 8. The molecule has 0 aliphatic heterocycles. The Morgan fingerprint density at radius 1 is 0.361 bits per heavy atom. The number of fused-ring (bicyclic) bond motifs is 9. The Morgan fingerprint density at radius 3 is 1.40 bits per heavy atom. The molecule has 0 aliphatic carbocycles. The molecular formula is C67H45IN8O7. The van der Waals surface area contributed by atoms with E-state index in [-0.39, 0.29) is 5.75 Å². The molecule has 0 atom stereocenters. The van der Waals surface area contributed by atoms with Gasteiger partial charge in [-0.05, 0) is 114 Å². The Bertz CT molecular complexity index is 4820. The summed E-state index contributed by atoms with van der Waals surface area (Å²) in [7, 11) is 0. The van der Waals surface area contributed by atoms with Crippen LogP contribution < -0.4 is 14.2 Å². The molecule has 0 fully saturated rings. The molecular weight excluding hydrogens is 1160 g/mol. The second-order valence-corrected chi connectivity index (χ2v) is 19.8. The van der Waals surface area contributed by atoms with Crippen molar-refractivity contribution in [2.24, 2.45) is 0 Å². The van der Waals surface area contributed by atoms with Crippen LogP contribution in [-0.2, 0) is 0 Å². The first-order valence-electron chi connectivity index (χ1n) is 26.1. The number of furan rings is 3. The summed E-state index contributed by atoms with van der Waals surface area (Å²) < 4.78 is 42.5. The molecule has 1 N–H and O–H groups in total. The maximum Gasteiger partial charge on any atom is 0.219 e. The molecule has 0 saturated carbocycles. The number of nitrogens with zero attached hydrogens (tertiary/aromatic N) is 8. The van der Waals surface area contributed by atoms with Gasteiger partial charge in [0.25, 0.3) is 0 Å². The summed E-state index contributed by atoms with van der Waals surface area (Å²) in [6, 6.07) is 63.6. The van der Waals surface area contributed by atoms with Gasteiger partial charge in [0.2, 0.25) is 11.8 Å². The fourth-order valence-electron chi connectivity index (χ4n) is 9.37. The van der Waals surface area contributed by atoms with Crippen LogP contribution in [0.15, 0.2) is 282 Å². The van der Waals surface area contributed by atoms with Crippen molar-refractivity contribution < 1.29 is 32.6 Å². The van der Waals surface area contributed by atoms with Crippen molar-refractivity contribution in [2.45, 2.75) is 0 Å². The SMILES string of the molecule is Ic1cc(-n2ccnc2)cc2c1oc1ccccc12.Oc1cccc(Oc2ccccn2)c1.c1ccc(Oc2cccc(Oc3cc(-n4ccnc4)cc4c3oc3ccccc34)c2)nc1.c1ccc2c(c1)oc1ccc(-n3ccnc3)cc12. The van der Waals surface area contributed by atoms with Gasteiger partial charge in [0.1, 0.15) is 50.9 Å². The van der Waals surface area contributed by atoms with Gasteiger partial charge in [0, 0.05) is 124 Å². The van der Waals surface area contributed by atoms with Crippen LogP contribution in [0.25, 0.3) is 82.9 Å². The van der Waals surface area contributed by atoms with E-state index < -0.39 is 0 Å². The number of ether oxygens (including phenoxy) is 3. The fraction of sp³-hybridized carbons (Fsp3) is 0. The highest BCUT2D eigenvalue weighted by Gasteiger charge is 2.17. The highest BCUT2D eigenvalue weighted by molar-refractivity contribution is 14.1. The number of para-hydroxylation sites is 3. The van der Waals surface area contributed by atoms with Gasteiger partial charge in [-0.25, -0.2) is 24.9 Å². The van der Waals surface area contributed by atoms with Crippen molar-refractivity contribution in [3.8, 4) is 57.6 Å². The maximum atomic E-state index is 9.19. The van der Waals surface area contributed by atoms with Crippen molar-refractivity contribution >= 4 is 88.4 Å². The van der Waals surface area contributed by atoms with Gasteiger partial charge in [-0.2, -0.15) is 0 Å². The van der Waals surface area contributed by atoms with Crippen molar-refractivity contribution in [1.29, 1.82) is 0 Å². The lowest BCUT2D eigenvalue weighted by atomic mass is 10.1. The number of halogens is 1. The van der Waals surface area contributed by atoms with Crippen LogP contribution in [0.2, 0.25) is 0 Å². The van der Waals surface area contributed by atoms with Crippen molar-refractivity contribution in [2.75, 3.05) is 0 Å². The Hall–Kier alpha value is -11.0. The van der Waals surface area contributed by atoms with Crippen LogP contribution in [0.3, 0.4) is 0 Å². The zero-order chi connectivity index (χ0) is 55.9. The molecule has 0 amide bonds. The number of benzene rings is 8. The molecule has 8 aromatic heterocycles. The first-order chi connectivity index (χ1) is 40.9. The molecule has 16 aromatic rings. The quantitative estimate of drug-likeness (QED) is 0.136. The van der Waals surface area contributed by atoms with Crippen LogP contribution in [0.1, 0.15) is 0 Å². The van der Waals surface area contributed by atoms with Crippen LogP contribution in [-0.4, -0.2) is 43.7 Å². The molecule has 0 radical (unpaired) electrons. The van der Waals surface area contributed by atoms with E-state index in [2.05, 4.69) is 83.9 Å². The van der Waals surface area contributed by atoms with Crippen LogP contribution >= 0.6 is 22.6 Å². The Labute approximate surface area is 486 Å². The molecule has 0 spiro atoms. The summed E-state index contributed by atoms with van der Waals surface area (Å²) in [5.41, 5.74) is 8.33. The Morgan fingerprint density at radius 2 is 0.831 bits per heavy atom. The summed E-state index contributed by atoms with van der Waals surface area (Å²) in [6.07, 6.45) is 19.8. The summed E-state index contributed by atoms with van der Waals surface area (Å²) >= 11 is 2.32. The summed E-state index contributed by atoms with van der Waals surface area (Å²) in [5.74, 6) is 3.65. The van der Waals surface area contributed by atoms with Gasteiger partial charge in [-0.3, -0.25) is 0 Å². The van der Waals surface area contributed by atoms with Crippen LogP contribution in [0.5, 0.6) is 40.5 Å². The second-order valence-electron chi connectivity index (χ2n) is 18.6. The number of pyridine rings is 2. The van der Waals surface area contributed by atoms with Crippen molar-refractivity contribution in [3.63, 3.8) is 0 Å². The highest BCUT2D eigenvalue weighted by Crippen LogP contribution is 2.40. The summed E-state index contributed by atoms with van der Waals surface area (Å²) in [4.78, 5) is 20.5. The molecule has 8 heterocycles. The van der Waals surface area contributed by atoms with Crippen LogP contribution in [0.4, 0.5) is 0 Å². The average Bonchev–Trinajstić information content (AvgIpc) is 4.30. The highest BCUT2D eigenvalue weighted by atomic mass is 127. The van der Waals surface area contributed by atoms with E-state index in [0.29, 0.717) is 40.3 Å². The van der Waals surface area contributed by atoms with E-state index in [4.69, 9.17) is 27.5 Å². The fourth-order valence-corrected chi connectivity index (χ4v) is 10.1. The maximum absolute atomic E-state index is 9.19. The Balaban J connectivity index is 0.000000109. The normalized spacial score (nSPS) is 11.0. The predicted octanol–water partition coefficient (Wildman–Crippen LogP) is 17.5. The van der Waals surface area contributed by atoms with Gasteiger partial charge in [-0.15, -0.1) is 0 Å². The third kappa shape index (κ3) is 11.4. The summed E-state index contributed by atoms with van der Waals surface area (Å²) in [5, 5.41) is 15.8. The molecule has 16 heteroatoms. The van der Waals surface area contributed by atoms with Crippen LogP contribution in [0, 0.1) is 3.57 Å². The molecule has 8 aromatic carbocycles. The van der Waals surface area contributed by atoms with Gasteiger partial charge < -0.3 is 46.3 Å². The number of hydrogen-bond donors (Lipinski definition) is 1. The smallest absolute Gasteiger partial charge is 0.219 e. The van der Waals surface area contributed by atoms with E-state index >= 15 is 0 Å². The lowest BCUT2D eigenvalue weighted by Gasteiger charge is -2.11. The van der Waals surface area contributed by atoms with Gasteiger partial charge >= 0.3 is 0 Å². The van der Waals surface area contributed by atoms with E-state index in [0.717, 1.165) is 80.9 Å². The zero-order valence-electron chi connectivity index (χ0n) is 43.8. The van der Waals surface area contributed by atoms with Gasteiger partial charge in [0.15, 0.2) is 11.3 Å². The minimum absolute atomic E-state index is 0.179. The van der Waals surface area contributed by atoms with E-state index in [1.165, 1.54) is 6.07 Å². The summed E-state index contributed by atoms with van der Waals surface area (Å²) in [6.45, 7) is 0. The second kappa shape index (κ2) is 23.4. The van der Waals surface area contributed by atoms with Crippen molar-refractivity contribution in [3.05, 3.63) is 272 Å². The zero-order valence-corrected chi connectivity index (χ0v) is 45.9. The minimum Gasteiger partial charge on any atom is -0.508 e. The molecule has 402 valence electrons. The third-order valence-corrected chi connectivity index (χ3v) is 14.0. The van der Waals surface area contributed by atoms with Crippen molar-refractivity contribution in [1.82, 2.24) is 38.6 Å². The first-order valence-corrected chi connectivity index (χ1v) is 27.2. The number of phenols is 1. The Kier molecular flexibility index (Phi) is 14.5. The number of hydrogen-bond acceptors (Lipinski definition) is 12. The van der Waals surface area contributed by atoms with E-state index in [1.807, 2.05) is 160 Å². The number of rotatable bonds is 9. The predicted molar refractivity (Wildman–Crippen MR) is 328 cm³/mol. The number of imidazole rings is 3. The molecule has 0 unspecified atom stereocenters. The third-order valence-electron chi connectivity index (χ3n) is 13.2. The first kappa shape index (κ1) is 51.5. The monoisotopic (exact) mass is 1200 g/mol. The van der Waals surface area contributed by atoms with Gasteiger partial charge in [0.05, 0.1) is 28.2 Å². The molecule has 0 bridgehead atoms. The van der Waals surface area contributed by atoms with Gasteiger partial charge in [-0.1, -0.05) is 78.9 Å². The molecule has 0 aliphatic rings. The molecule has 83 heavy (non-hydrogen) atoms.